The molecule has 1 aliphatic rings. The molecular formula is C17H15FN2O2. The highest BCUT2D eigenvalue weighted by Gasteiger charge is 2.32. The number of halogens is 1. The van der Waals surface area contributed by atoms with Crippen molar-refractivity contribution in [2.24, 2.45) is 5.73 Å². The van der Waals surface area contributed by atoms with Gasteiger partial charge in [-0.25, -0.2) is 4.39 Å². The summed E-state index contributed by atoms with van der Waals surface area (Å²) in [6.07, 6.45) is 0. The van der Waals surface area contributed by atoms with Gasteiger partial charge in [-0.15, -0.1) is 0 Å². The fourth-order valence-electron chi connectivity index (χ4n) is 2.79. The quantitative estimate of drug-likeness (QED) is 0.946. The summed E-state index contributed by atoms with van der Waals surface area (Å²) in [5.41, 5.74) is 7.38. The third kappa shape index (κ3) is 2.24. The molecule has 112 valence electrons. The second-order valence-electron chi connectivity index (χ2n) is 5.37. The fraction of sp³-hybridized carbons (Fsp3) is 0.176. The monoisotopic (exact) mass is 298 g/mol. The number of carbonyl (C=O) groups is 2. The zero-order valence-corrected chi connectivity index (χ0v) is 12.0. The van der Waals surface area contributed by atoms with Gasteiger partial charge in [-0.3, -0.25) is 9.59 Å². The van der Waals surface area contributed by atoms with Crippen LogP contribution in [0.3, 0.4) is 0 Å². The van der Waals surface area contributed by atoms with Crippen LogP contribution in [0.2, 0.25) is 0 Å². The molecule has 2 aromatic carbocycles. The highest BCUT2D eigenvalue weighted by atomic mass is 19.1. The smallest absolute Gasteiger partial charge is 0.255 e. The largest absolute Gasteiger partial charge is 0.366 e. The predicted molar refractivity (Wildman–Crippen MR) is 79.6 cm³/mol. The van der Waals surface area contributed by atoms with Gasteiger partial charge in [-0.2, -0.15) is 0 Å². The molecule has 0 saturated carbocycles. The van der Waals surface area contributed by atoms with Crippen molar-refractivity contribution < 1.29 is 14.0 Å². The number of hydrogen-bond acceptors (Lipinski definition) is 2. The third-order valence-electron chi connectivity index (χ3n) is 4.04. The lowest BCUT2D eigenvalue weighted by atomic mass is 10.1. The van der Waals surface area contributed by atoms with E-state index in [1.54, 1.807) is 42.2 Å². The van der Waals surface area contributed by atoms with Crippen LogP contribution < -0.4 is 5.73 Å². The number of nitrogens with two attached hydrogens (primary N) is 1. The van der Waals surface area contributed by atoms with Crippen molar-refractivity contribution in [1.82, 2.24) is 4.90 Å². The number of hydrogen-bond donors (Lipinski definition) is 1. The first-order valence-corrected chi connectivity index (χ1v) is 6.97. The zero-order chi connectivity index (χ0) is 15.9. The fourth-order valence-corrected chi connectivity index (χ4v) is 2.79. The van der Waals surface area contributed by atoms with Gasteiger partial charge < -0.3 is 10.6 Å². The van der Waals surface area contributed by atoms with Gasteiger partial charge >= 0.3 is 0 Å². The Kier molecular flexibility index (Phi) is 3.41. The van der Waals surface area contributed by atoms with Crippen molar-refractivity contribution in [3.8, 4) is 0 Å². The van der Waals surface area contributed by atoms with Crippen molar-refractivity contribution >= 4 is 11.8 Å². The highest BCUT2D eigenvalue weighted by molar-refractivity contribution is 6.00. The average Bonchev–Trinajstić information content (AvgIpc) is 2.83. The molecule has 22 heavy (non-hydrogen) atoms. The topological polar surface area (TPSA) is 63.4 Å². The Morgan fingerprint density at radius 3 is 2.68 bits per heavy atom. The van der Waals surface area contributed by atoms with Crippen LogP contribution in [0, 0.1) is 5.82 Å². The standard InChI is InChI=1S/C17H15FN2O2/c1-10(13-4-2-3-5-15(13)18)20-9-12-8-11(16(19)21)6-7-14(12)17(20)22/h2-8,10H,9H2,1H3,(H2,19,21)/t10-/m0/s1. The number of fused-ring (bicyclic) bond motifs is 1. The molecule has 0 unspecified atom stereocenters. The molecule has 5 heteroatoms. The van der Waals surface area contributed by atoms with Crippen molar-refractivity contribution in [2.75, 3.05) is 0 Å². The van der Waals surface area contributed by atoms with Crippen LogP contribution >= 0.6 is 0 Å². The molecule has 0 bridgehead atoms. The Balaban J connectivity index is 1.94. The lowest BCUT2D eigenvalue weighted by Crippen LogP contribution is -2.27. The number of carbonyl (C=O) groups excluding carboxylic acids is 2. The van der Waals surface area contributed by atoms with E-state index in [1.165, 1.54) is 12.1 Å². The number of rotatable bonds is 3. The summed E-state index contributed by atoms with van der Waals surface area (Å²) in [4.78, 5) is 25.3. The van der Waals surface area contributed by atoms with E-state index in [-0.39, 0.29) is 11.7 Å². The maximum absolute atomic E-state index is 13.9. The van der Waals surface area contributed by atoms with E-state index in [9.17, 15) is 14.0 Å². The van der Waals surface area contributed by atoms with E-state index in [0.29, 0.717) is 23.2 Å². The van der Waals surface area contributed by atoms with Crippen molar-refractivity contribution in [3.05, 3.63) is 70.5 Å². The lowest BCUT2D eigenvalue weighted by Gasteiger charge is -2.25. The normalized spacial score (nSPS) is 14.8. The Morgan fingerprint density at radius 2 is 2.00 bits per heavy atom. The summed E-state index contributed by atoms with van der Waals surface area (Å²) < 4.78 is 13.9. The molecule has 0 aromatic heterocycles. The van der Waals surface area contributed by atoms with E-state index in [2.05, 4.69) is 0 Å². The van der Waals surface area contributed by atoms with Gasteiger partial charge in [-0.1, -0.05) is 18.2 Å². The molecule has 0 aliphatic carbocycles. The molecular weight excluding hydrogens is 283 g/mol. The average molecular weight is 298 g/mol. The van der Waals surface area contributed by atoms with E-state index in [4.69, 9.17) is 5.73 Å². The predicted octanol–water partition coefficient (Wildman–Crippen LogP) is 2.64. The number of amides is 2. The van der Waals surface area contributed by atoms with Gasteiger partial charge in [0.25, 0.3) is 5.91 Å². The summed E-state index contributed by atoms with van der Waals surface area (Å²) >= 11 is 0. The van der Waals surface area contributed by atoms with Crippen molar-refractivity contribution in [1.29, 1.82) is 0 Å². The van der Waals surface area contributed by atoms with Gasteiger partial charge in [0, 0.05) is 23.2 Å². The van der Waals surface area contributed by atoms with Gasteiger partial charge in [0.05, 0.1) is 6.04 Å². The zero-order valence-electron chi connectivity index (χ0n) is 12.0. The van der Waals surface area contributed by atoms with Crippen LogP contribution in [0.4, 0.5) is 4.39 Å². The molecule has 0 spiro atoms. The molecule has 2 amide bonds. The van der Waals surface area contributed by atoms with Gasteiger partial charge in [0.2, 0.25) is 5.91 Å². The first-order chi connectivity index (χ1) is 10.5. The molecule has 1 heterocycles. The Bertz CT molecular complexity index is 773. The van der Waals surface area contributed by atoms with Crippen LogP contribution in [-0.4, -0.2) is 16.7 Å². The summed E-state index contributed by atoms with van der Waals surface area (Å²) in [5, 5.41) is 0. The number of primary amides is 1. The Labute approximate surface area is 127 Å². The van der Waals surface area contributed by atoms with Crippen LogP contribution in [0.15, 0.2) is 42.5 Å². The molecule has 0 fully saturated rings. The minimum Gasteiger partial charge on any atom is -0.366 e. The van der Waals surface area contributed by atoms with Crippen LogP contribution in [-0.2, 0) is 6.54 Å². The second kappa shape index (κ2) is 5.26. The number of nitrogens with zero attached hydrogens (tertiary/aromatic N) is 1. The lowest BCUT2D eigenvalue weighted by molar-refractivity contribution is 0.0713. The SMILES string of the molecule is C[C@@H](c1ccccc1F)N1Cc2cc(C(N)=O)ccc2C1=O. The van der Waals surface area contributed by atoms with Gasteiger partial charge in [0.15, 0.2) is 0 Å². The minimum atomic E-state index is -0.532. The summed E-state index contributed by atoms with van der Waals surface area (Å²) in [6, 6.07) is 10.8. The van der Waals surface area contributed by atoms with Crippen molar-refractivity contribution in [2.45, 2.75) is 19.5 Å². The molecule has 2 N–H and O–H groups in total. The molecule has 1 aliphatic heterocycles. The highest BCUT2D eigenvalue weighted by Crippen LogP contribution is 2.32. The van der Waals surface area contributed by atoms with E-state index < -0.39 is 11.9 Å². The third-order valence-corrected chi connectivity index (χ3v) is 4.04. The van der Waals surface area contributed by atoms with Gasteiger partial charge in [0.1, 0.15) is 5.82 Å². The Hall–Kier alpha value is -2.69. The molecule has 0 radical (unpaired) electrons. The van der Waals surface area contributed by atoms with E-state index in [0.717, 1.165) is 5.56 Å². The first kappa shape index (κ1) is 14.3. The van der Waals surface area contributed by atoms with Crippen LogP contribution in [0.1, 0.15) is 44.8 Å². The van der Waals surface area contributed by atoms with Crippen LogP contribution in [0.5, 0.6) is 0 Å². The second-order valence-corrected chi connectivity index (χ2v) is 5.37. The molecule has 4 nitrogen and oxygen atoms in total. The number of benzene rings is 2. The minimum absolute atomic E-state index is 0.165. The van der Waals surface area contributed by atoms with E-state index >= 15 is 0 Å². The summed E-state index contributed by atoms with van der Waals surface area (Å²) in [5.74, 6) is -1.03. The first-order valence-electron chi connectivity index (χ1n) is 6.97. The molecule has 0 saturated heterocycles. The summed E-state index contributed by atoms with van der Waals surface area (Å²) in [7, 11) is 0. The maximum atomic E-state index is 13.9. The summed E-state index contributed by atoms with van der Waals surface area (Å²) in [6.45, 7) is 2.13. The maximum Gasteiger partial charge on any atom is 0.255 e. The van der Waals surface area contributed by atoms with Gasteiger partial charge in [-0.05, 0) is 36.8 Å². The van der Waals surface area contributed by atoms with E-state index in [1.807, 2.05) is 0 Å². The molecule has 3 rings (SSSR count). The van der Waals surface area contributed by atoms with Crippen molar-refractivity contribution in [3.63, 3.8) is 0 Å². The molecule has 1 atom stereocenters. The molecule has 2 aromatic rings. The Morgan fingerprint density at radius 1 is 1.27 bits per heavy atom. The van der Waals surface area contributed by atoms with Crippen LogP contribution in [0.25, 0.3) is 0 Å².